The molecule has 0 saturated carbocycles. The van der Waals surface area contributed by atoms with E-state index < -0.39 is 12.1 Å². The van der Waals surface area contributed by atoms with Crippen molar-refractivity contribution in [2.75, 3.05) is 7.11 Å². The van der Waals surface area contributed by atoms with Crippen molar-refractivity contribution in [2.24, 2.45) is 0 Å². The molecule has 0 fully saturated rings. The highest BCUT2D eigenvalue weighted by atomic mass is 16.5. The van der Waals surface area contributed by atoms with Crippen LogP contribution in [0.1, 0.15) is 27.7 Å². The van der Waals surface area contributed by atoms with Crippen LogP contribution in [-0.2, 0) is 4.74 Å². The molecule has 1 aromatic heterocycles. The maximum absolute atomic E-state index is 13.1. The maximum atomic E-state index is 13.1. The lowest BCUT2D eigenvalue weighted by atomic mass is 10.1. The first-order chi connectivity index (χ1) is 14.3. The maximum Gasteiger partial charge on any atom is 0.363 e. The highest BCUT2D eigenvalue weighted by Crippen LogP contribution is 2.45. The highest BCUT2D eigenvalue weighted by molar-refractivity contribution is 5.91. The van der Waals surface area contributed by atoms with Gasteiger partial charge in [-0.2, -0.15) is 5.10 Å². The molecule has 5 rings (SSSR count). The van der Waals surface area contributed by atoms with Gasteiger partial charge in [0, 0.05) is 11.1 Å². The van der Waals surface area contributed by atoms with Gasteiger partial charge in [0.05, 0.1) is 19.0 Å². The van der Waals surface area contributed by atoms with E-state index in [4.69, 9.17) is 9.47 Å². The van der Waals surface area contributed by atoms with E-state index in [-0.39, 0.29) is 5.69 Å². The molecular weight excluding hydrogens is 364 g/mol. The first-order valence-electron chi connectivity index (χ1n) is 9.34. The molecule has 1 aliphatic rings. The molecule has 5 nitrogen and oxygen atoms in total. The lowest BCUT2D eigenvalue weighted by Gasteiger charge is -2.14. The first kappa shape index (κ1) is 17.3. The van der Waals surface area contributed by atoms with E-state index in [1.807, 2.05) is 78.9 Å². The number of para-hydroxylation sites is 1. The minimum atomic E-state index is -0.520. The molecule has 0 radical (unpaired) electrons. The van der Waals surface area contributed by atoms with Gasteiger partial charge in [0.1, 0.15) is 0 Å². The summed E-state index contributed by atoms with van der Waals surface area (Å²) < 4.78 is 13.0. The second-order valence-corrected chi connectivity index (χ2v) is 6.79. The lowest BCUT2D eigenvalue weighted by Crippen LogP contribution is -2.13. The van der Waals surface area contributed by atoms with Gasteiger partial charge in [-0.05, 0) is 23.3 Å². The molecule has 0 atom stereocenters. The third-order valence-electron chi connectivity index (χ3n) is 5.12. The number of methoxy groups -OCH3 is 1. The van der Waals surface area contributed by atoms with Gasteiger partial charge in [-0.15, -0.1) is 0 Å². The number of hydrogen-bond donors (Lipinski definition) is 0. The molecule has 29 heavy (non-hydrogen) atoms. The first-order valence-corrected chi connectivity index (χ1v) is 9.34. The van der Waals surface area contributed by atoms with Gasteiger partial charge in [-0.1, -0.05) is 66.7 Å². The molecule has 0 bridgehead atoms. The van der Waals surface area contributed by atoms with Gasteiger partial charge in [-0.3, -0.25) is 0 Å². The molecule has 0 aliphatic heterocycles. The summed E-state index contributed by atoms with van der Waals surface area (Å²) in [5.41, 5.74) is 5.11. The zero-order valence-corrected chi connectivity index (χ0v) is 15.8. The average molecular weight is 382 g/mol. The number of ether oxygens (including phenoxy) is 2. The summed E-state index contributed by atoms with van der Waals surface area (Å²) in [5.74, 6) is -0.147. The third kappa shape index (κ3) is 2.88. The number of fused-ring (bicyclic) bond motifs is 3. The van der Waals surface area contributed by atoms with Gasteiger partial charge in [0.25, 0.3) is 0 Å². The van der Waals surface area contributed by atoms with Gasteiger partial charge < -0.3 is 9.47 Å². The molecule has 3 aromatic carbocycles. The Morgan fingerprint density at radius 2 is 1.45 bits per heavy atom. The van der Waals surface area contributed by atoms with E-state index in [1.165, 1.54) is 7.11 Å². The molecule has 5 heteroatoms. The molecule has 0 N–H and O–H groups in total. The van der Waals surface area contributed by atoms with Gasteiger partial charge in [-0.25, -0.2) is 9.48 Å². The summed E-state index contributed by atoms with van der Waals surface area (Å²) >= 11 is 0. The third-order valence-corrected chi connectivity index (χ3v) is 5.12. The Kier molecular flexibility index (Phi) is 4.13. The fraction of sp³-hybridized carbons (Fsp3) is 0.0833. The van der Waals surface area contributed by atoms with Crippen LogP contribution in [0.5, 0.6) is 5.75 Å². The van der Waals surface area contributed by atoms with Crippen LogP contribution < -0.4 is 4.74 Å². The Labute approximate surface area is 168 Å². The summed E-state index contributed by atoms with van der Waals surface area (Å²) in [4.78, 5) is 13.1. The van der Waals surface area contributed by atoms with Gasteiger partial charge in [0.2, 0.25) is 5.69 Å². The molecule has 4 aromatic rings. The fourth-order valence-corrected chi connectivity index (χ4v) is 3.76. The van der Waals surface area contributed by atoms with Crippen LogP contribution in [0.3, 0.4) is 0 Å². The van der Waals surface area contributed by atoms with E-state index in [0.717, 1.165) is 27.9 Å². The molecule has 1 heterocycles. The van der Waals surface area contributed by atoms with Crippen molar-refractivity contribution >= 4 is 5.97 Å². The van der Waals surface area contributed by atoms with Crippen molar-refractivity contribution in [1.82, 2.24) is 9.78 Å². The van der Waals surface area contributed by atoms with Crippen molar-refractivity contribution in [3.63, 3.8) is 0 Å². The molecule has 0 spiro atoms. The van der Waals surface area contributed by atoms with Crippen LogP contribution in [0.25, 0.3) is 16.8 Å². The van der Waals surface area contributed by atoms with Crippen LogP contribution >= 0.6 is 0 Å². The Bertz CT molecular complexity index is 1150. The number of hydrogen-bond acceptors (Lipinski definition) is 4. The van der Waals surface area contributed by atoms with Crippen LogP contribution in [0.2, 0.25) is 0 Å². The molecular formula is C24H18N2O3. The number of carbonyl (C=O) groups excluding carboxylic acids is 1. The number of benzene rings is 3. The van der Waals surface area contributed by atoms with Crippen molar-refractivity contribution in [3.05, 3.63) is 102 Å². The Balaban J connectivity index is 1.51. The Morgan fingerprint density at radius 1 is 0.862 bits per heavy atom. The van der Waals surface area contributed by atoms with Crippen LogP contribution in [0.4, 0.5) is 0 Å². The molecule has 0 unspecified atom stereocenters. The summed E-state index contributed by atoms with van der Waals surface area (Å²) in [6.45, 7) is 0. The van der Waals surface area contributed by atoms with Gasteiger partial charge >= 0.3 is 5.97 Å². The predicted molar refractivity (Wildman–Crippen MR) is 109 cm³/mol. The zero-order chi connectivity index (χ0) is 19.8. The summed E-state index contributed by atoms with van der Waals surface area (Å²) in [6.07, 6.45) is 1.21. The predicted octanol–water partition coefficient (Wildman–Crippen LogP) is 4.81. The monoisotopic (exact) mass is 382 g/mol. The molecule has 1 aliphatic carbocycles. The SMILES string of the molecule is COc1cn(-c2ccccc2)nc1C(=O)OC1c2ccccc2-c2ccccc21. The van der Waals surface area contributed by atoms with E-state index in [2.05, 4.69) is 5.10 Å². The van der Waals surface area contributed by atoms with Crippen LogP contribution in [0.15, 0.2) is 85.1 Å². The smallest absolute Gasteiger partial charge is 0.363 e. The largest absolute Gasteiger partial charge is 0.493 e. The highest BCUT2D eigenvalue weighted by Gasteiger charge is 2.33. The van der Waals surface area contributed by atoms with Crippen molar-refractivity contribution < 1.29 is 14.3 Å². The van der Waals surface area contributed by atoms with Crippen molar-refractivity contribution in [2.45, 2.75) is 6.10 Å². The zero-order valence-electron chi connectivity index (χ0n) is 15.8. The molecule has 142 valence electrons. The minimum Gasteiger partial charge on any atom is -0.493 e. The number of rotatable bonds is 4. The number of carbonyl (C=O) groups is 1. The molecule has 0 amide bonds. The molecule has 0 saturated heterocycles. The number of esters is 1. The number of aromatic nitrogens is 2. The van der Waals surface area contributed by atoms with Crippen molar-refractivity contribution in [3.8, 4) is 22.6 Å². The van der Waals surface area contributed by atoms with Crippen molar-refractivity contribution in [1.29, 1.82) is 0 Å². The van der Waals surface area contributed by atoms with E-state index in [9.17, 15) is 4.79 Å². The second kappa shape index (κ2) is 6.95. The standard InChI is InChI=1S/C24H18N2O3/c1-28-21-15-26(16-9-3-2-4-10-16)25-22(21)24(27)29-23-19-13-7-5-11-17(19)18-12-6-8-14-20(18)23/h2-15,23H,1H3. The van der Waals surface area contributed by atoms with E-state index in [0.29, 0.717) is 5.75 Å². The number of nitrogens with zero attached hydrogens (tertiary/aromatic N) is 2. The average Bonchev–Trinajstić information content (AvgIpc) is 3.35. The van der Waals surface area contributed by atoms with Gasteiger partial charge in [0.15, 0.2) is 11.9 Å². The quantitative estimate of drug-likeness (QED) is 0.476. The normalized spacial score (nSPS) is 12.3. The Morgan fingerprint density at radius 3 is 2.07 bits per heavy atom. The minimum absolute atomic E-state index is 0.151. The van der Waals surface area contributed by atoms with E-state index in [1.54, 1.807) is 10.9 Å². The van der Waals surface area contributed by atoms with Crippen LogP contribution in [0, 0.1) is 0 Å². The van der Waals surface area contributed by atoms with Crippen LogP contribution in [-0.4, -0.2) is 22.9 Å². The second-order valence-electron chi connectivity index (χ2n) is 6.79. The fourth-order valence-electron chi connectivity index (χ4n) is 3.76. The topological polar surface area (TPSA) is 53.4 Å². The van der Waals surface area contributed by atoms with E-state index >= 15 is 0 Å². The summed E-state index contributed by atoms with van der Waals surface area (Å²) in [5, 5.41) is 4.42. The summed E-state index contributed by atoms with van der Waals surface area (Å²) in [7, 11) is 1.52. The lowest BCUT2D eigenvalue weighted by molar-refractivity contribution is 0.0374. The Hall–Kier alpha value is -3.86. The summed E-state index contributed by atoms with van der Waals surface area (Å²) in [6, 6.07) is 25.5.